The maximum absolute atomic E-state index is 14.1. The lowest BCUT2D eigenvalue weighted by molar-refractivity contribution is -0.255. The molecule has 0 aliphatic carbocycles. The van der Waals surface area contributed by atoms with Gasteiger partial charge in [0.2, 0.25) is 5.91 Å². The summed E-state index contributed by atoms with van der Waals surface area (Å²) < 4.78 is 19.7. The van der Waals surface area contributed by atoms with Gasteiger partial charge in [-0.25, -0.2) is 0 Å². The van der Waals surface area contributed by atoms with Crippen LogP contribution in [0, 0.1) is 5.92 Å². The zero-order valence-electron chi connectivity index (χ0n) is 35.9. The molecule has 0 aromatic rings. The molecule has 57 heavy (non-hydrogen) atoms. The Balaban J connectivity index is 0.931. The molecule has 0 bridgehead atoms. The van der Waals surface area contributed by atoms with Crippen LogP contribution in [0.5, 0.6) is 0 Å². The summed E-state index contributed by atoms with van der Waals surface area (Å²) >= 11 is 0. The Kier molecular flexibility index (Phi) is 19.5. The number of nitrogens with two attached hydrogens (primary N) is 2. The molecule has 0 radical (unpaired) electrons. The zero-order valence-corrected chi connectivity index (χ0v) is 35.9. The average molecular weight is 803 g/mol. The maximum Gasteiger partial charge on any atom is 0.314 e. The average Bonchev–Trinajstić information content (AvgIpc) is 3.49. The van der Waals surface area contributed by atoms with Gasteiger partial charge in [0, 0.05) is 38.0 Å². The third-order valence-corrected chi connectivity index (χ3v) is 13.5. The second-order valence-corrected chi connectivity index (χ2v) is 18.1. The van der Waals surface area contributed by atoms with Gasteiger partial charge >= 0.3 is 5.97 Å². The Labute approximate surface area is 345 Å². The van der Waals surface area contributed by atoms with E-state index >= 15 is 0 Å². The molecule has 1 unspecified atom stereocenters. The molecule has 328 valence electrons. The Morgan fingerprint density at radius 2 is 1.61 bits per heavy atom. The number of nitrogens with one attached hydrogen (secondary N) is 2. The lowest BCUT2D eigenvalue weighted by Gasteiger charge is -2.60. The molecule has 4 fully saturated rings. The van der Waals surface area contributed by atoms with Crippen molar-refractivity contribution in [2.45, 2.75) is 223 Å². The van der Waals surface area contributed by atoms with Gasteiger partial charge in [-0.05, 0) is 97.1 Å². The minimum Gasteiger partial charge on any atom is -0.465 e. The van der Waals surface area contributed by atoms with Crippen LogP contribution in [0.2, 0.25) is 0 Å². The number of ether oxygens (including phenoxy) is 3. The monoisotopic (exact) mass is 803 g/mol. The molecule has 9 atom stereocenters. The fraction of sp³-hybridized carbons (Fsp3) is 0.911. The molecule has 4 saturated heterocycles. The summed E-state index contributed by atoms with van der Waals surface area (Å²) in [4.78, 5) is 31.1. The van der Waals surface area contributed by atoms with Gasteiger partial charge in [-0.3, -0.25) is 25.1 Å². The van der Waals surface area contributed by atoms with E-state index in [4.69, 9.17) is 25.7 Å². The molecule has 0 aromatic carbocycles. The number of carbonyl (C=O) groups excluding carboxylic acids is 2. The Bertz CT molecular complexity index is 1230. The molecule has 12 nitrogen and oxygen atoms in total. The molecule has 5 aliphatic heterocycles. The molecule has 2 spiro atoms. The number of hydrogen-bond acceptors (Lipinski definition) is 11. The summed E-state index contributed by atoms with van der Waals surface area (Å²) in [5.74, 6) is -0.302. The van der Waals surface area contributed by atoms with E-state index in [0.29, 0.717) is 51.7 Å². The summed E-state index contributed by atoms with van der Waals surface area (Å²) in [5.41, 5.74) is 10.1. The molecule has 0 aromatic heterocycles. The Hall–Kier alpha value is -1.64. The van der Waals surface area contributed by atoms with Gasteiger partial charge in [-0.2, -0.15) is 0 Å². The van der Waals surface area contributed by atoms with Gasteiger partial charge in [0.1, 0.15) is 23.7 Å². The fourth-order valence-electron chi connectivity index (χ4n) is 10.5. The predicted molar refractivity (Wildman–Crippen MR) is 226 cm³/mol. The lowest BCUT2D eigenvalue weighted by atomic mass is 9.79. The first-order valence-electron chi connectivity index (χ1n) is 23.6. The van der Waals surface area contributed by atoms with Gasteiger partial charge in [0.05, 0.1) is 24.9 Å². The summed E-state index contributed by atoms with van der Waals surface area (Å²) in [6, 6.07) is 0.465. The normalized spacial score (nSPS) is 31.7. The predicted octanol–water partition coefficient (Wildman–Crippen LogP) is 6.33. The fourth-order valence-corrected chi connectivity index (χ4v) is 10.5. The van der Waals surface area contributed by atoms with Gasteiger partial charge < -0.3 is 35.7 Å². The van der Waals surface area contributed by atoms with Crippen molar-refractivity contribution in [3.63, 3.8) is 0 Å². The van der Waals surface area contributed by atoms with Crippen molar-refractivity contribution in [1.29, 1.82) is 0 Å². The van der Waals surface area contributed by atoms with Gasteiger partial charge in [-0.1, -0.05) is 89.7 Å². The van der Waals surface area contributed by atoms with Gasteiger partial charge in [-0.15, -0.1) is 0 Å². The number of allylic oxidation sites excluding steroid dienone is 1. The van der Waals surface area contributed by atoms with Crippen molar-refractivity contribution < 1.29 is 28.9 Å². The van der Waals surface area contributed by atoms with E-state index < -0.39 is 11.8 Å². The number of esters is 1. The molecule has 12 heteroatoms. The van der Waals surface area contributed by atoms with Crippen LogP contribution >= 0.6 is 0 Å². The molecule has 1 amide bonds. The third-order valence-electron chi connectivity index (χ3n) is 13.5. The van der Waals surface area contributed by atoms with Gasteiger partial charge in [0.25, 0.3) is 0 Å². The first-order chi connectivity index (χ1) is 27.7. The van der Waals surface area contributed by atoms with Crippen molar-refractivity contribution in [3.05, 3.63) is 12.2 Å². The van der Waals surface area contributed by atoms with Gasteiger partial charge in [0.15, 0.2) is 0 Å². The van der Waals surface area contributed by atoms with E-state index in [1.54, 1.807) is 4.90 Å². The van der Waals surface area contributed by atoms with Crippen LogP contribution < -0.4 is 22.1 Å². The first kappa shape index (κ1) is 46.4. The summed E-state index contributed by atoms with van der Waals surface area (Å²) in [6.07, 6.45) is 29.9. The van der Waals surface area contributed by atoms with E-state index in [1.807, 2.05) is 0 Å². The molecule has 7 N–H and O–H groups in total. The standard InChI is InChI=1S/C45H82N6O6/c1-3-38-22-16-17-27-44(57-38)33-36-24-25-39-41(45(28-19-21-35(2)56-45)49-43(48-44)51(36)39)42(54)55-32-18-14-12-10-8-6-4-5-7-9-11-13-15-23-40(53)50(31-20-29-46)34-37(52)26-30-47/h16,22,35-39,41,43,48-49,52H,3-15,17-21,23-34,46-47H2,1-2H3/t35-,36+,37+,38+,39+,41+,43?,44+,45+/m1/s1. The second kappa shape index (κ2) is 24.0. The van der Waals surface area contributed by atoms with Crippen molar-refractivity contribution in [3.8, 4) is 0 Å². The number of aliphatic hydroxyl groups excluding tert-OH is 1. The molecule has 5 heterocycles. The highest BCUT2D eigenvalue weighted by Crippen LogP contribution is 2.49. The SMILES string of the molecule is CC[C@H]1C=CCC[C@@]2(C[C@@H]3CC[C@H]4[C@@H](C(=O)OCCCCCCCCCCCCCCCC(=O)N(CCCN)C[C@@H](O)CCN)[C@@]5(CCC[C@@H](C)O5)NC(N2)N34)O1. The minimum absolute atomic E-state index is 0.0878. The number of carbonyl (C=O) groups is 2. The summed E-state index contributed by atoms with van der Waals surface area (Å²) in [6.45, 7) is 6.75. The topological polar surface area (TPSA) is 165 Å². The second-order valence-electron chi connectivity index (χ2n) is 18.1. The summed E-state index contributed by atoms with van der Waals surface area (Å²) in [7, 11) is 0. The zero-order chi connectivity index (χ0) is 40.5. The number of nitrogens with zero attached hydrogens (tertiary/aromatic N) is 2. The highest BCUT2D eigenvalue weighted by Gasteiger charge is 2.63. The number of aliphatic hydroxyl groups is 1. The number of rotatable bonds is 25. The van der Waals surface area contributed by atoms with Crippen molar-refractivity contribution >= 4 is 11.9 Å². The van der Waals surface area contributed by atoms with E-state index in [2.05, 4.69) is 41.5 Å². The Morgan fingerprint density at radius 3 is 2.28 bits per heavy atom. The minimum atomic E-state index is -0.724. The van der Waals surface area contributed by atoms with Crippen molar-refractivity contribution in [2.24, 2.45) is 17.4 Å². The van der Waals surface area contributed by atoms with Crippen LogP contribution in [-0.2, 0) is 23.8 Å². The van der Waals surface area contributed by atoms with E-state index in [-0.39, 0.29) is 48.1 Å². The first-order valence-corrected chi connectivity index (χ1v) is 23.6. The molecular formula is C45H82N6O6. The number of unbranched alkanes of at least 4 members (excludes halogenated alkanes) is 12. The molecule has 0 saturated carbocycles. The van der Waals surface area contributed by atoms with E-state index in [1.165, 1.54) is 57.8 Å². The third kappa shape index (κ3) is 13.4. The Morgan fingerprint density at radius 1 is 0.912 bits per heavy atom. The van der Waals surface area contributed by atoms with Crippen molar-refractivity contribution in [2.75, 3.05) is 32.8 Å². The largest absolute Gasteiger partial charge is 0.465 e. The van der Waals surface area contributed by atoms with E-state index in [0.717, 1.165) is 89.9 Å². The molecular weight excluding hydrogens is 721 g/mol. The van der Waals surface area contributed by atoms with Crippen molar-refractivity contribution in [1.82, 2.24) is 20.4 Å². The highest BCUT2D eigenvalue weighted by atomic mass is 16.6. The summed E-state index contributed by atoms with van der Waals surface area (Å²) in [5, 5.41) is 18.0. The highest BCUT2D eigenvalue weighted by molar-refractivity contribution is 5.76. The van der Waals surface area contributed by atoms with E-state index in [9.17, 15) is 14.7 Å². The van der Waals surface area contributed by atoms with Crippen LogP contribution in [0.3, 0.4) is 0 Å². The quantitative estimate of drug-likeness (QED) is 0.0398. The van der Waals surface area contributed by atoms with Crippen LogP contribution in [0.15, 0.2) is 12.2 Å². The van der Waals surface area contributed by atoms with Crippen LogP contribution in [-0.4, -0.2) is 108 Å². The smallest absolute Gasteiger partial charge is 0.314 e. The van der Waals surface area contributed by atoms with Crippen LogP contribution in [0.4, 0.5) is 0 Å². The van der Waals surface area contributed by atoms with Crippen LogP contribution in [0.1, 0.15) is 174 Å². The lowest BCUT2D eigenvalue weighted by Crippen LogP contribution is -2.81. The number of amides is 1. The molecule has 5 rings (SSSR count). The molecule has 5 aliphatic rings. The number of hydrogen-bond donors (Lipinski definition) is 5. The maximum atomic E-state index is 14.1. The van der Waals surface area contributed by atoms with Crippen LogP contribution in [0.25, 0.3) is 0 Å².